The molecule has 0 aliphatic carbocycles. The number of nitrogens with zero attached hydrogens (tertiary/aromatic N) is 1. The predicted octanol–water partition coefficient (Wildman–Crippen LogP) is 4.05. The quantitative estimate of drug-likeness (QED) is 0.892. The Morgan fingerprint density at radius 2 is 1.90 bits per heavy atom. The lowest BCUT2D eigenvalue weighted by Crippen LogP contribution is -2.23. The fraction of sp³-hybridized carbons (Fsp3) is 0.214. The minimum atomic E-state index is -4.73. The Kier molecular flexibility index (Phi) is 4.84. The van der Waals surface area contributed by atoms with Gasteiger partial charge in [0.15, 0.2) is 0 Å². The Morgan fingerprint density at radius 1 is 1.19 bits per heavy atom. The number of hydrogen-bond acceptors (Lipinski definition) is 3. The van der Waals surface area contributed by atoms with E-state index in [9.17, 15) is 13.2 Å². The Balaban J connectivity index is 2.40. The molecule has 0 saturated carbocycles. The van der Waals surface area contributed by atoms with Gasteiger partial charge in [-0.15, -0.1) is 13.2 Å². The highest BCUT2D eigenvalue weighted by molar-refractivity contribution is 9.10. The summed E-state index contributed by atoms with van der Waals surface area (Å²) < 4.78 is 42.3. The van der Waals surface area contributed by atoms with Crippen LogP contribution in [-0.2, 0) is 0 Å². The van der Waals surface area contributed by atoms with Crippen LogP contribution in [0.15, 0.2) is 47.1 Å². The van der Waals surface area contributed by atoms with Crippen LogP contribution in [0.5, 0.6) is 5.75 Å². The summed E-state index contributed by atoms with van der Waals surface area (Å²) in [6.07, 6.45) is -3.14. The Morgan fingerprint density at radius 3 is 2.48 bits per heavy atom. The summed E-state index contributed by atoms with van der Waals surface area (Å²) in [5.74, 6) is -0.242. The minimum absolute atomic E-state index is 0.242. The highest BCUT2D eigenvalue weighted by atomic mass is 79.9. The van der Waals surface area contributed by atoms with Crippen molar-refractivity contribution in [2.45, 2.75) is 12.4 Å². The topological polar surface area (TPSA) is 34.2 Å². The second-order valence-corrected chi connectivity index (χ2v) is 5.12. The number of alkyl halides is 3. The first kappa shape index (κ1) is 15.8. The zero-order chi connectivity index (χ0) is 15.5. The summed E-state index contributed by atoms with van der Waals surface area (Å²) in [6.45, 7) is 0. The molecule has 112 valence electrons. The van der Waals surface area contributed by atoms with Crippen LogP contribution in [0.2, 0.25) is 0 Å². The monoisotopic (exact) mass is 360 g/mol. The molecule has 1 aromatic heterocycles. The average Bonchev–Trinajstić information content (AvgIpc) is 2.42. The van der Waals surface area contributed by atoms with E-state index >= 15 is 0 Å². The molecule has 0 fully saturated rings. The van der Waals surface area contributed by atoms with Crippen molar-refractivity contribution in [2.75, 3.05) is 7.05 Å². The zero-order valence-corrected chi connectivity index (χ0v) is 12.6. The van der Waals surface area contributed by atoms with Crippen LogP contribution in [0.25, 0.3) is 0 Å². The maximum absolute atomic E-state index is 12.5. The summed E-state index contributed by atoms with van der Waals surface area (Å²) in [4.78, 5) is 4.22. The van der Waals surface area contributed by atoms with Crippen molar-refractivity contribution in [1.82, 2.24) is 10.3 Å². The van der Waals surface area contributed by atoms with E-state index in [0.29, 0.717) is 11.3 Å². The standard InChI is InChI=1S/C14H12BrF3N2O/c1-19-13(11-7-6-9(15)8-20-11)10-4-2-3-5-12(10)21-14(16,17)18/h2-8,13,19H,1H3. The molecule has 1 N–H and O–H groups in total. The predicted molar refractivity (Wildman–Crippen MR) is 76.0 cm³/mol. The van der Waals surface area contributed by atoms with Crippen LogP contribution in [0.3, 0.4) is 0 Å². The first-order valence-electron chi connectivity index (χ1n) is 6.04. The summed E-state index contributed by atoms with van der Waals surface area (Å²) >= 11 is 3.27. The van der Waals surface area contributed by atoms with E-state index < -0.39 is 12.4 Å². The molecule has 1 heterocycles. The summed E-state index contributed by atoms with van der Waals surface area (Å²) in [7, 11) is 1.65. The molecule has 21 heavy (non-hydrogen) atoms. The number of nitrogens with one attached hydrogen (secondary N) is 1. The van der Waals surface area contributed by atoms with Gasteiger partial charge in [-0.1, -0.05) is 18.2 Å². The normalized spacial score (nSPS) is 13.0. The van der Waals surface area contributed by atoms with Gasteiger partial charge in [0, 0.05) is 16.2 Å². The third kappa shape index (κ3) is 4.18. The molecule has 0 aliphatic rings. The van der Waals surface area contributed by atoms with Crippen molar-refractivity contribution in [1.29, 1.82) is 0 Å². The number of halogens is 4. The lowest BCUT2D eigenvalue weighted by molar-refractivity contribution is -0.275. The zero-order valence-electron chi connectivity index (χ0n) is 11.0. The number of para-hydroxylation sites is 1. The van der Waals surface area contributed by atoms with Gasteiger partial charge in [0.1, 0.15) is 5.75 Å². The highest BCUT2D eigenvalue weighted by Gasteiger charge is 2.33. The van der Waals surface area contributed by atoms with Gasteiger partial charge in [-0.05, 0) is 41.2 Å². The molecule has 2 rings (SSSR count). The molecule has 0 spiro atoms. The number of rotatable bonds is 4. The van der Waals surface area contributed by atoms with E-state index in [4.69, 9.17) is 0 Å². The van der Waals surface area contributed by atoms with Gasteiger partial charge in [0.05, 0.1) is 11.7 Å². The maximum atomic E-state index is 12.5. The smallest absolute Gasteiger partial charge is 0.405 e. The molecule has 1 unspecified atom stereocenters. The summed E-state index contributed by atoms with van der Waals surface area (Å²) in [5.41, 5.74) is 0.964. The van der Waals surface area contributed by atoms with Gasteiger partial charge >= 0.3 is 6.36 Å². The third-order valence-electron chi connectivity index (χ3n) is 2.79. The fourth-order valence-electron chi connectivity index (χ4n) is 1.96. The highest BCUT2D eigenvalue weighted by Crippen LogP contribution is 2.32. The van der Waals surface area contributed by atoms with Crippen LogP contribution in [0, 0.1) is 0 Å². The number of ether oxygens (including phenoxy) is 1. The molecule has 0 saturated heterocycles. The lowest BCUT2D eigenvalue weighted by atomic mass is 10.0. The van der Waals surface area contributed by atoms with Crippen molar-refractivity contribution in [3.8, 4) is 5.75 Å². The van der Waals surface area contributed by atoms with E-state index in [2.05, 4.69) is 31.0 Å². The Labute approximate surface area is 128 Å². The molecule has 7 heteroatoms. The number of hydrogen-bond donors (Lipinski definition) is 1. The van der Waals surface area contributed by atoms with E-state index in [1.54, 1.807) is 37.5 Å². The van der Waals surface area contributed by atoms with Gasteiger partial charge in [-0.3, -0.25) is 4.98 Å². The minimum Gasteiger partial charge on any atom is -0.405 e. The largest absolute Gasteiger partial charge is 0.573 e. The number of benzene rings is 1. The van der Waals surface area contributed by atoms with E-state index in [-0.39, 0.29) is 5.75 Å². The molecule has 3 nitrogen and oxygen atoms in total. The lowest BCUT2D eigenvalue weighted by Gasteiger charge is -2.20. The van der Waals surface area contributed by atoms with Gasteiger partial charge in [-0.2, -0.15) is 0 Å². The van der Waals surface area contributed by atoms with Crippen molar-refractivity contribution < 1.29 is 17.9 Å². The second kappa shape index (κ2) is 6.44. The Hall–Kier alpha value is -1.60. The van der Waals surface area contributed by atoms with Crippen LogP contribution in [0.1, 0.15) is 17.3 Å². The fourth-order valence-corrected chi connectivity index (χ4v) is 2.19. The molecule has 0 amide bonds. The van der Waals surface area contributed by atoms with Crippen molar-refractivity contribution in [3.63, 3.8) is 0 Å². The average molecular weight is 361 g/mol. The first-order valence-corrected chi connectivity index (χ1v) is 6.83. The third-order valence-corrected chi connectivity index (χ3v) is 3.26. The number of aromatic nitrogens is 1. The van der Waals surface area contributed by atoms with Crippen LogP contribution in [-0.4, -0.2) is 18.4 Å². The van der Waals surface area contributed by atoms with E-state index in [0.717, 1.165) is 4.47 Å². The van der Waals surface area contributed by atoms with Crippen molar-refractivity contribution in [2.24, 2.45) is 0 Å². The molecule has 1 atom stereocenters. The number of pyridine rings is 1. The van der Waals surface area contributed by atoms with Crippen LogP contribution < -0.4 is 10.1 Å². The molecule has 2 aromatic rings. The maximum Gasteiger partial charge on any atom is 0.573 e. The van der Waals surface area contributed by atoms with E-state index in [1.807, 2.05) is 0 Å². The first-order chi connectivity index (χ1) is 9.90. The molecular formula is C14H12BrF3N2O. The van der Waals surface area contributed by atoms with Gasteiger partial charge in [0.2, 0.25) is 0 Å². The van der Waals surface area contributed by atoms with E-state index in [1.165, 1.54) is 12.1 Å². The van der Waals surface area contributed by atoms with Gasteiger partial charge in [0.25, 0.3) is 0 Å². The molecular weight excluding hydrogens is 349 g/mol. The Bertz CT molecular complexity index is 602. The van der Waals surface area contributed by atoms with Crippen LogP contribution >= 0.6 is 15.9 Å². The SMILES string of the molecule is CNC(c1ccc(Br)cn1)c1ccccc1OC(F)(F)F. The second-order valence-electron chi connectivity index (χ2n) is 4.21. The summed E-state index contributed by atoms with van der Waals surface area (Å²) in [6, 6.07) is 9.01. The van der Waals surface area contributed by atoms with Gasteiger partial charge in [-0.25, -0.2) is 0 Å². The molecule has 0 aliphatic heterocycles. The van der Waals surface area contributed by atoms with Crippen LogP contribution in [0.4, 0.5) is 13.2 Å². The molecule has 1 aromatic carbocycles. The molecule has 0 radical (unpaired) electrons. The summed E-state index contributed by atoms with van der Waals surface area (Å²) in [5, 5.41) is 2.96. The van der Waals surface area contributed by atoms with Crippen molar-refractivity contribution in [3.05, 3.63) is 58.3 Å². The van der Waals surface area contributed by atoms with Crippen molar-refractivity contribution >= 4 is 15.9 Å². The van der Waals surface area contributed by atoms with Gasteiger partial charge < -0.3 is 10.1 Å². The molecule has 0 bridgehead atoms.